The first-order valence-corrected chi connectivity index (χ1v) is 8.78. The first-order chi connectivity index (χ1) is 10.1. The predicted molar refractivity (Wildman–Crippen MR) is 87.3 cm³/mol. The Kier molecular flexibility index (Phi) is 6.65. The quantitative estimate of drug-likeness (QED) is 0.748. The van der Waals surface area contributed by atoms with Gasteiger partial charge < -0.3 is 4.90 Å². The molecular weight excluding hydrogens is 262 g/mol. The molecule has 0 bridgehead atoms. The summed E-state index contributed by atoms with van der Waals surface area (Å²) >= 11 is 0. The van der Waals surface area contributed by atoms with E-state index in [9.17, 15) is 4.79 Å². The van der Waals surface area contributed by atoms with E-state index in [-0.39, 0.29) is 5.92 Å². The Morgan fingerprint density at radius 1 is 0.952 bits per heavy atom. The van der Waals surface area contributed by atoms with Gasteiger partial charge in [0.2, 0.25) is 0 Å². The normalized spacial score (nSPS) is 23.8. The van der Waals surface area contributed by atoms with Crippen molar-refractivity contribution in [2.24, 2.45) is 11.8 Å². The zero-order valence-corrected chi connectivity index (χ0v) is 14.2. The zero-order chi connectivity index (χ0) is 15.2. The number of rotatable bonds is 6. The molecule has 0 N–H and O–H groups in total. The summed E-state index contributed by atoms with van der Waals surface area (Å²) in [6.07, 6.45) is 3.21. The Morgan fingerprint density at radius 3 is 2.00 bits per heavy atom. The van der Waals surface area contributed by atoms with Gasteiger partial charge in [0.05, 0.1) is 6.67 Å². The molecule has 2 saturated heterocycles. The van der Waals surface area contributed by atoms with Crippen molar-refractivity contribution in [2.45, 2.75) is 40.0 Å². The third kappa shape index (κ3) is 5.35. The van der Waals surface area contributed by atoms with E-state index >= 15 is 0 Å². The summed E-state index contributed by atoms with van der Waals surface area (Å²) in [6.45, 7) is 15.8. The molecule has 4 heteroatoms. The first-order valence-electron chi connectivity index (χ1n) is 8.78. The minimum absolute atomic E-state index is 0.206. The highest BCUT2D eigenvalue weighted by molar-refractivity contribution is 5.80. The molecular formula is C17H33N3O. The maximum Gasteiger partial charge on any atom is 0.135 e. The lowest BCUT2D eigenvalue weighted by atomic mass is 9.89. The molecule has 0 unspecified atom stereocenters. The molecule has 2 rings (SSSR count). The lowest BCUT2D eigenvalue weighted by molar-refractivity contribution is -0.123. The van der Waals surface area contributed by atoms with Gasteiger partial charge >= 0.3 is 0 Å². The summed E-state index contributed by atoms with van der Waals surface area (Å²) in [5.41, 5.74) is 0. The van der Waals surface area contributed by atoms with Gasteiger partial charge in [-0.1, -0.05) is 20.8 Å². The van der Waals surface area contributed by atoms with Crippen molar-refractivity contribution in [3.05, 3.63) is 0 Å². The summed E-state index contributed by atoms with van der Waals surface area (Å²) in [5.74, 6) is 1.29. The highest BCUT2D eigenvalue weighted by Gasteiger charge is 2.24. The van der Waals surface area contributed by atoms with E-state index in [0.29, 0.717) is 11.7 Å². The van der Waals surface area contributed by atoms with E-state index in [1.807, 2.05) is 13.8 Å². The molecule has 21 heavy (non-hydrogen) atoms. The van der Waals surface area contributed by atoms with Gasteiger partial charge in [-0.25, -0.2) is 0 Å². The van der Waals surface area contributed by atoms with Gasteiger partial charge in [-0.2, -0.15) is 0 Å². The van der Waals surface area contributed by atoms with Crippen LogP contribution in [0.25, 0.3) is 0 Å². The average molecular weight is 295 g/mol. The largest absolute Gasteiger partial charge is 0.301 e. The Labute approximate surface area is 130 Å². The molecule has 0 aromatic heterocycles. The number of carbonyl (C=O) groups is 1. The van der Waals surface area contributed by atoms with Crippen LogP contribution < -0.4 is 0 Å². The van der Waals surface area contributed by atoms with Crippen molar-refractivity contribution in [3.63, 3.8) is 0 Å². The zero-order valence-electron chi connectivity index (χ0n) is 14.2. The minimum atomic E-state index is 0.206. The first kappa shape index (κ1) is 16.9. The summed E-state index contributed by atoms with van der Waals surface area (Å²) in [7, 11) is 0. The van der Waals surface area contributed by atoms with Crippen LogP contribution in [0, 0.1) is 11.8 Å². The van der Waals surface area contributed by atoms with E-state index in [2.05, 4.69) is 21.6 Å². The third-order valence-corrected chi connectivity index (χ3v) is 5.15. The molecule has 0 amide bonds. The van der Waals surface area contributed by atoms with Gasteiger partial charge in [-0.15, -0.1) is 0 Å². The maximum atomic E-state index is 11.8. The van der Waals surface area contributed by atoms with Crippen molar-refractivity contribution in [3.8, 4) is 0 Å². The Morgan fingerprint density at radius 2 is 1.48 bits per heavy atom. The van der Waals surface area contributed by atoms with Gasteiger partial charge in [0, 0.05) is 38.5 Å². The van der Waals surface area contributed by atoms with E-state index in [1.54, 1.807) is 0 Å². The summed E-state index contributed by atoms with van der Waals surface area (Å²) < 4.78 is 0. The molecule has 2 heterocycles. The topological polar surface area (TPSA) is 26.8 Å². The van der Waals surface area contributed by atoms with Gasteiger partial charge in [-0.3, -0.25) is 14.6 Å². The summed E-state index contributed by atoms with van der Waals surface area (Å²) in [6, 6.07) is 0. The van der Waals surface area contributed by atoms with Crippen LogP contribution >= 0.6 is 0 Å². The van der Waals surface area contributed by atoms with Crippen LogP contribution in [0.5, 0.6) is 0 Å². The lowest BCUT2D eigenvalue weighted by Crippen LogP contribution is -2.51. The fourth-order valence-electron chi connectivity index (χ4n) is 3.38. The summed E-state index contributed by atoms with van der Waals surface area (Å²) in [5, 5.41) is 0. The van der Waals surface area contributed by atoms with E-state index in [0.717, 1.165) is 13.1 Å². The number of likely N-dealkylation sites (tertiary alicyclic amines) is 1. The number of hydrogen-bond acceptors (Lipinski definition) is 4. The van der Waals surface area contributed by atoms with Gasteiger partial charge in [-0.05, 0) is 38.4 Å². The molecule has 2 fully saturated rings. The fourth-order valence-corrected chi connectivity index (χ4v) is 3.38. The smallest absolute Gasteiger partial charge is 0.135 e. The maximum absolute atomic E-state index is 11.8. The van der Waals surface area contributed by atoms with Crippen LogP contribution in [0.15, 0.2) is 0 Å². The van der Waals surface area contributed by atoms with Crippen LogP contribution in [-0.2, 0) is 4.79 Å². The highest BCUT2D eigenvalue weighted by atomic mass is 16.1. The second-order valence-corrected chi connectivity index (χ2v) is 7.08. The van der Waals surface area contributed by atoms with E-state index in [4.69, 9.17) is 0 Å². The fraction of sp³-hybridized carbons (Fsp3) is 0.941. The number of carbonyl (C=O) groups excluding carboxylic acids is 1. The van der Waals surface area contributed by atoms with Gasteiger partial charge in [0.1, 0.15) is 5.78 Å². The van der Waals surface area contributed by atoms with Crippen LogP contribution in [0.3, 0.4) is 0 Å². The number of ketones is 1. The van der Waals surface area contributed by atoms with Crippen LogP contribution in [0.4, 0.5) is 0 Å². The van der Waals surface area contributed by atoms with E-state index < -0.39 is 0 Å². The number of Topliss-reactive ketones (excluding diaryl/α,β-unsaturated/α-hetero) is 1. The van der Waals surface area contributed by atoms with Gasteiger partial charge in [0.15, 0.2) is 0 Å². The molecule has 2 aliphatic heterocycles. The molecule has 0 saturated carbocycles. The van der Waals surface area contributed by atoms with Gasteiger partial charge in [0.25, 0.3) is 0 Å². The van der Waals surface area contributed by atoms with Crippen molar-refractivity contribution in [1.29, 1.82) is 0 Å². The van der Waals surface area contributed by atoms with Crippen LogP contribution in [0.2, 0.25) is 0 Å². The van der Waals surface area contributed by atoms with Crippen molar-refractivity contribution in [2.75, 3.05) is 52.5 Å². The monoisotopic (exact) mass is 295 g/mol. The number of nitrogens with zero attached hydrogens (tertiary/aromatic N) is 3. The Bertz CT molecular complexity index is 316. The molecule has 4 nitrogen and oxygen atoms in total. The molecule has 122 valence electrons. The SMILES string of the molecule is CCN1CCN(CN2CCC(CC(=O)C(C)C)CC2)CC1. The molecule has 0 aromatic carbocycles. The molecule has 0 aromatic rings. The number of piperazine rings is 1. The molecule has 0 radical (unpaired) electrons. The van der Waals surface area contributed by atoms with E-state index in [1.165, 1.54) is 58.7 Å². The molecule has 0 aliphatic carbocycles. The summed E-state index contributed by atoms with van der Waals surface area (Å²) in [4.78, 5) is 19.5. The average Bonchev–Trinajstić information content (AvgIpc) is 2.50. The number of likely N-dealkylation sites (N-methyl/N-ethyl adjacent to an activating group) is 1. The second-order valence-electron chi connectivity index (χ2n) is 7.08. The Balaban J connectivity index is 1.64. The number of piperidine rings is 1. The van der Waals surface area contributed by atoms with Crippen LogP contribution in [0.1, 0.15) is 40.0 Å². The van der Waals surface area contributed by atoms with Crippen LogP contribution in [-0.4, -0.2) is 73.0 Å². The molecule has 0 spiro atoms. The minimum Gasteiger partial charge on any atom is -0.301 e. The molecule has 0 atom stereocenters. The third-order valence-electron chi connectivity index (χ3n) is 5.15. The van der Waals surface area contributed by atoms with Crippen molar-refractivity contribution < 1.29 is 4.79 Å². The highest BCUT2D eigenvalue weighted by Crippen LogP contribution is 2.22. The van der Waals surface area contributed by atoms with Crippen molar-refractivity contribution in [1.82, 2.24) is 14.7 Å². The second kappa shape index (κ2) is 8.25. The predicted octanol–water partition coefficient (Wildman–Crippen LogP) is 1.91. The Hall–Kier alpha value is -0.450. The number of hydrogen-bond donors (Lipinski definition) is 0. The standard InChI is InChI=1S/C17H33N3O/c1-4-18-9-11-20(12-10-18)14-19-7-5-16(6-8-19)13-17(21)15(2)3/h15-16H,4-14H2,1-3H3. The van der Waals surface area contributed by atoms with Crippen molar-refractivity contribution >= 4 is 5.78 Å². The molecule has 2 aliphatic rings. The lowest BCUT2D eigenvalue weighted by Gasteiger charge is -2.39.